The predicted octanol–water partition coefficient (Wildman–Crippen LogP) is 2.32. The van der Waals surface area contributed by atoms with Crippen LogP contribution in [0.2, 0.25) is 5.02 Å². The molecule has 3 rings (SSSR count). The number of carbonyl (C=O) groups excluding carboxylic acids is 1. The number of halogens is 1. The van der Waals surface area contributed by atoms with Crippen molar-refractivity contribution in [2.45, 2.75) is 13.1 Å². The van der Waals surface area contributed by atoms with E-state index in [4.69, 9.17) is 11.6 Å². The summed E-state index contributed by atoms with van der Waals surface area (Å²) in [6.07, 6.45) is 5.12. The van der Waals surface area contributed by atoms with Gasteiger partial charge in [0.25, 0.3) is 0 Å². The smallest absolute Gasteiger partial charge is 0.315 e. The molecule has 0 spiro atoms. The largest absolute Gasteiger partial charge is 0.334 e. The monoisotopic (exact) mass is 342 g/mol. The van der Waals surface area contributed by atoms with E-state index in [-0.39, 0.29) is 12.6 Å². The summed E-state index contributed by atoms with van der Waals surface area (Å²) >= 11 is 5.82. The first-order valence-electron chi connectivity index (χ1n) is 7.28. The first kappa shape index (κ1) is 15.9. The van der Waals surface area contributed by atoms with Crippen LogP contribution in [-0.2, 0) is 13.1 Å². The Balaban J connectivity index is 1.48. The topological polar surface area (TPSA) is 84.7 Å². The van der Waals surface area contributed by atoms with Gasteiger partial charge in [0.1, 0.15) is 5.69 Å². The summed E-state index contributed by atoms with van der Waals surface area (Å²) in [7, 11) is 0. The fourth-order valence-electron chi connectivity index (χ4n) is 2.02. The molecule has 0 saturated heterocycles. The Morgan fingerprint density at radius 1 is 1.04 bits per heavy atom. The van der Waals surface area contributed by atoms with Gasteiger partial charge in [-0.05, 0) is 29.8 Å². The zero-order chi connectivity index (χ0) is 16.8. The minimum absolute atomic E-state index is 0.275. The number of carbonyl (C=O) groups is 1. The molecule has 0 atom stereocenters. The molecule has 3 aromatic rings. The summed E-state index contributed by atoms with van der Waals surface area (Å²) in [4.78, 5) is 15.8. The molecule has 2 aromatic heterocycles. The lowest BCUT2D eigenvalue weighted by atomic mass is 10.2. The van der Waals surface area contributed by atoms with Gasteiger partial charge >= 0.3 is 6.03 Å². The molecule has 122 valence electrons. The number of benzene rings is 1. The predicted molar refractivity (Wildman–Crippen MR) is 89.7 cm³/mol. The fraction of sp³-hybridized carbons (Fsp3) is 0.125. The van der Waals surface area contributed by atoms with E-state index >= 15 is 0 Å². The maximum atomic E-state index is 11.8. The molecule has 0 aliphatic heterocycles. The summed E-state index contributed by atoms with van der Waals surface area (Å²) in [5, 5.41) is 14.2. The molecular formula is C16H15ClN6O. The number of hydrogen-bond donors (Lipinski definition) is 2. The SMILES string of the molecule is O=C(NCc1ccc(Cl)cc1)NCc1cn(-c2ccncc2)nn1. The lowest BCUT2D eigenvalue weighted by Crippen LogP contribution is -2.34. The van der Waals surface area contributed by atoms with Gasteiger partial charge in [-0.15, -0.1) is 5.10 Å². The van der Waals surface area contributed by atoms with Gasteiger partial charge < -0.3 is 10.6 Å². The number of urea groups is 1. The van der Waals surface area contributed by atoms with Crippen LogP contribution in [0.4, 0.5) is 4.79 Å². The molecule has 0 aliphatic rings. The number of hydrogen-bond acceptors (Lipinski definition) is 4. The third-order valence-electron chi connectivity index (χ3n) is 3.26. The molecule has 0 fully saturated rings. The zero-order valence-electron chi connectivity index (χ0n) is 12.7. The highest BCUT2D eigenvalue weighted by atomic mass is 35.5. The van der Waals surface area contributed by atoms with E-state index in [0.29, 0.717) is 17.3 Å². The highest BCUT2D eigenvalue weighted by molar-refractivity contribution is 6.30. The van der Waals surface area contributed by atoms with Crippen molar-refractivity contribution < 1.29 is 4.79 Å². The number of nitrogens with one attached hydrogen (secondary N) is 2. The summed E-state index contributed by atoms with van der Waals surface area (Å²) in [5.74, 6) is 0. The molecule has 24 heavy (non-hydrogen) atoms. The third kappa shape index (κ3) is 4.30. The van der Waals surface area contributed by atoms with Crippen LogP contribution >= 0.6 is 11.6 Å². The Morgan fingerprint density at radius 2 is 1.75 bits per heavy atom. The Morgan fingerprint density at radius 3 is 2.50 bits per heavy atom. The Hall–Kier alpha value is -2.93. The Bertz CT molecular complexity index is 803. The van der Waals surface area contributed by atoms with Crippen molar-refractivity contribution in [3.63, 3.8) is 0 Å². The van der Waals surface area contributed by atoms with Crippen molar-refractivity contribution >= 4 is 17.6 Å². The van der Waals surface area contributed by atoms with Gasteiger partial charge in [-0.1, -0.05) is 28.9 Å². The molecule has 0 radical (unpaired) electrons. The summed E-state index contributed by atoms with van der Waals surface area (Å²) < 4.78 is 1.63. The van der Waals surface area contributed by atoms with Crippen LogP contribution in [0.15, 0.2) is 55.0 Å². The van der Waals surface area contributed by atoms with Crippen LogP contribution < -0.4 is 10.6 Å². The van der Waals surface area contributed by atoms with Crippen LogP contribution in [0, 0.1) is 0 Å². The van der Waals surface area contributed by atoms with Gasteiger partial charge in [0.2, 0.25) is 0 Å². The van der Waals surface area contributed by atoms with E-state index in [1.54, 1.807) is 35.4 Å². The van der Waals surface area contributed by atoms with Crippen molar-refractivity contribution in [1.29, 1.82) is 0 Å². The lowest BCUT2D eigenvalue weighted by molar-refractivity contribution is 0.240. The van der Waals surface area contributed by atoms with Crippen LogP contribution in [0.3, 0.4) is 0 Å². The van der Waals surface area contributed by atoms with E-state index in [2.05, 4.69) is 25.9 Å². The van der Waals surface area contributed by atoms with Gasteiger partial charge in [0.05, 0.1) is 18.4 Å². The van der Waals surface area contributed by atoms with E-state index in [1.807, 2.05) is 24.3 Å². The van der Waals surface area contributed by atoms with E-state index in [1.165, 1.54) is 0 Å². The van der Waals surface area contributed by atoms with Crippen molar-refractivity contribution in [3.8, 4) is 5.69 Å². The molecular weight excluding hydrogens is 328 g/mol. The second kappa shape index (κ2) is 7.56. The van der Waals surface area contributed by atoms with E-state index in [9.17, 15) is 4.79 Å². The van der Waals surface area contributed by atoms with Crippen LogP contribution in [0.1, 0.15) is 11.3 Å². The second-order valence-electron chi connectivity index (χ2n) is 5.02. The first-order valence-corrected chi connectivity index (χ1v) is 7.66. The number of aromatic nitrogens is 4. The second-order valence-corrected chi connectivity index (χ2v) is 5.46. The molecule has 7 nitrogen and oxygen atoms in total. The average Bonchev–Trinajstić information content (AvgIpc) is 3.09. The lowest BCUT2D eigenvalue weighted by Gasteiger charge is -2.06. The van der Waals surface area contributed by atoms with Crippen LogP contribution in [-0.4, -0.2) is 26.0 Å². The molecule has 0 unspecified atom stereocenters. The molecule has 2 amide bonds. The standard InChI is InChI=1S/C16H15ClN6O/c17-13-3-1-12(2-4-13)9-19-16(24)20-10-14-11-23(22-21-14)15-5-7-18-8-6-15/h1-8,11H,9-10H2,(H2,19,20,24). The summed E-state index contributed by atoms with van der Waals surface area (Å²) in [6, 6.07) is 10.7. The maximum absolute atomic E-state index is 11.8. The van der Waals surface area contributed by atoms with Crippen molar-refractivity contribution in [3.05, 3.63) is 71.3 Å². The van der Waals surface area contributed by atoms with Gasteiger partial charge in [-0.2, -0.15) is 0 Å². The van der Waals surface area contributed by atoms with Gasteiger partial charge in [-0.25, -0.2) is 9.48 Å². The maximum Gasteiger partial charge on any atom is 0.315 e. The number of pyridine rings is 1. The third-order valence-corrected chi connectivity index (χ3v) is 3.52. The normalized spacial score (nSPS) is 10.4. The Labute approximate surface area is 143 Å². The van der Waals surface area contributed by atoms with Gasteiger partial charge in [-0.3, -0.25) is 4.98 Å². The minimum Gasteiger partial charge on any atom is -0.334 e. The molecule has 2 N–H and O–H groups in total. The minimum atomic E-state index is -0.275. The van der Waals surface area contributed by atoms with Crippen molar-refractivity contribution in [2.75, 3.05) is 0 Å². The zero-order valence-corrected chi connectivity index (χ0v) is 13.4. The highest BCUT2D eigenvalue weighted by Crippen LogP contribution is 2.09. The van der Waals surface area contributed by atoms with E-state index in [0.717, 1.165) is 11.3 Å². The molecule has 0 bridgehead atoms. The average molecular weight is 343 g/mol. The summed E-state index contributed by atoms with van der Waals surface area (Å²) in [5.41, 5.74) is 2.49. The quantitative estimate of drug-likeness (QED) is 0.745. The molecule has 8 heteroatoms. The van der Waals surface area contributed by atoms with Gasteiger partial charge in [0.15, 0.2) is 0 Å². The van der Waals surface area contributed by atoms with Crippen molar-refractivity contribution in [1.82, 2.24) is 30.6 Å². The highest BCUT2D eigenvalue weighted by Gasteiger charge is 2.05. The number of nitrogens with zero attached hydrogens (tertiary/aromatic N) is 4. The fourth-order valence-corrected chi connectivity index (χ4v) is 2.15. The molecule has 1 aromatic carbocycles. The molecule has 2 heterocycles. The van der Waals surface area contributed by atoms with Crippen LogP contribution in [0.25, 0.3) is 5.69 Å². The molecule has 0 saturated carbocycles. The number of rotatable bonds is 5. The van der Waals surface area contributed by atoms with Gasteiger partial charge in [0, 0.05) is 24.0 Å². The number of amides is 2. The Kier molecular flexibility index (Phi) is 5.02. The first-order chi connectivity index (χ1) is 11.7. The van der Waals surface area contributed by atoms with E-state index < -0.39 is 0 Å². The summed E-state index contributed by atoms with van der Waals surface area (Å²) in [6.45, 7) is 0.713. The van der Waals surface area contributed by atoms with Crippen LogP contribution in [0.5, 0.6) is 0 Å². The molecule has 0 aliphatic carbocycles. The van der Waals surface area contributed by atoms with Crippen molar-refractivity contribution in [2.24, 2.45) is 0 Å².